The lowest BCUT2D eigenvalue weighted by atomic mass is 9.82. The first-order valence-corrected chi connectivity index (χ1v) is 10.3. The molecule has 0 unspecified atom stereocenters. The summed E-state index contributed by atoms with van der Waals surface area (Å²) in [4.78, 5) is 52.7. The van der Waals surface area contributed by atoms with E-state index < -0.39 is 23.5 Å². The molecule has 1 aromatic carbocycles. The molecule has 0 aromatic heterocycles. The fourth-order valence-corrected chi connectivity index (χ4v) is 4.62. The van der Waals surface area contributed by atoms with Gasteiger partial charge in [0.1, 0.15) is 17.8 Å². The zero-order valence-electron chi connectivity index (χ0n) is 17.0. The maximum Gasteiger partial charge on any atom is 0.325 e. The molecule has 1 aromatic rings. The Hall–Kier alpha value is -3.10. The smallest absolute Gasteiger partial charge is 0.325 e. The molecular weight excluding hydrogens is 388 g/mol. The van der Waals surface area contributed by atoms with Crippen LogP contribution in [-0.4, -0.2) is 60.4 Å². The van der Waals surface area contributed by atoms with Crippen LogP contribution in [0.1, 0.15) is 38.5 Å². The molecule has 1 aliphatic carbocycles. The van der Waals surface area contributed by atoms with Gasteiger partial charge in [0, 0.05) is 13.0 Å². The Morgan fingerprint density at radius 3 is 2.67 bits per heavy atom. The van der Waals surface area contributed by atoms with E-state index in [-0.39, 0.29) is 24.8 Å². The van der Waals surface area contributed by atoms with Gasteiger partial charge in [0.15, 0.2) is 0 Å². The average Bonchev–Trinajstić information content (AvgIpc) is 3.20. The van der Waals surface area contributed by atoms with Crippen LogP contribution in [0.3, 0.4) is 0 Å². The average molecular weight is 414 g/mol. The summed E-state index contributed by atoms with van der Waals surface area (Å²) in [6, 6.07) is 6.27. The molecule has 9 nitrogen and oxygen atoms in total. The zero-order chi connectivity index (χ0) is 21.3. The van der Waals surface area contributed by atoms with Gasteiger partial charge >= 0.3 is 6.03 Å². The Morgan fingerprint density at radius 2 is 1.93 bits per heavy atom. The molecule has 30 heavy (non-hydrogen) atoms. The standard InChI is InChI=1S/C21H26N4O5/c1-30-16-8-4-3-7-15(16)24-12-14(11-18(24)27)22-17(26)13-25-19(28)21(23-20(25)29)9-5-2-6-10-21/h3-4,7-8,14H,2,5-6,9-13H2,1H3,(H,22,26)(H,23,29)/t14-/m1/s1. The minimum Gasteiger partial charge on any atom is -0.495 e. The lowest BCUT2D eigenvalue weighted by Gasteiger charge is -2.30. The van der Waals surface area contributed by atoms with Crippen LogP contribution >= 0.6 is 0 Å². The van der Waals surface area contributed by atoms with Crippen molar-refractivity contribution >= 4 is 29.4 Å². The van der Waals surface area contributed by atoms with Gasteiger partial charge in [0.2, 0.25) is 11.8 Å². The second-order valence-corrected chi connectivity index (χ2v) is 8.11. The first-order chi connectivity index (χ1) is 14.4. The van der Waals surface area contributed by atoms with E-state index >= 15 is 0 Å². The lowest BCUT2D eigenvalue weighted by Crippen LogP contribution is -2.49. The minimum absolute atomic E-state index is 0.124. The molecule has 9 heteroatoms. The van der Waals surface area contributed by atoms with Crippen molar-refractivity contribution in [1.29, 1.82) is 0 Å². The SMILES string of the molecule is COc1ccccc1N1C[C@H](NC(=O)CN2C(=O)NC3(CCCCC3)C2=O)CC1=O. The van der Waals surface area contributed by atoms with Crippen molar-refractivity contribution in [2.45, 2.75) is 50.1 Å². The van der Waals surface area contributed by atoms with Gasteiger partial charge < -0.3 is 20.3 Å². The van der Waals surface area contributed by atoms with Gasteiger partial charge in [-0.25, -0.2) is 4.79 Å². The number of rotatable bonds is 5. The molecule has 4 rings (SSSR count). The number of hydrogen-bond acceptors (Lipinski definition) is 5. The summed E-state index contributed by atoms with van der Waals surface area (Å²) in [6.07, 6.45) is 4.18. The van der Waals surface area contributed by atoms with Crippen molar-refractivity contribution in [2.75, 3.05) is 25.1 Å². The molecule has 3 fully saturated rings. The van der Waals surface area contributed by atoms with Crippen molar-refractivity contribution in [3.05, 3.63) is 24.3 Å². The van der Waals surface area contributed by atoms with Gasteiger partial charge in [-0.15, -0.1) is 0 Å². The summed E-state index contributed by atoms with van der Waals surface area (Å²) >= 11 is 0. The molecule has 5 amide bonds. The fraction of sp³-hybridized carbons (Fsp3) is 0.524. The molecule has 2 N–H and O–H groups in total. The molecule has 1 saturated carbocycles. The largest absolute Gasteiger partial charge is 0.495 e. The minimum atomic E-state index is -0.848. The molecule has 2 aliphatic heterocycles. The molecular formula is C21H26N4O5. The van der Waals surface area contributed by atoms with E-state index in [0.29, 0.717) is 30.8 Å². The Kier molecular flexibility index (Phi) is 5.36. The van der Waals surface area contributed by atoms with Crippen LogP contribution in [0.5, 0.6) is 5.75 Å². The van der Waals surface area contributed by atoms with E-state index in [9.17, 15) is 19.2 Å². The Labute approximate surface area is 174 Å². The number of methoxy groups -OCH3 is 1. The van der Waals surface area contributed by atoms with Crippen molar-refractivity contribution < 1.29 is 23.9 Å². The topological polar surface area (TPSA) is 108 Å². The Bertz CT molecular complexity index is 880. The molecule has 1 spiro atoms. The van der Waals surface area contributed by atoms with Crippen LogP contribution in [0.15, 0.2) is 24.3 Å². The van der Waals surface area contributed by atoms with Crippen molar-refractivity contribution in [2.24, 2.45) is 0 Å². The monoisotopic (exact) mass is 414 g/mol. The second-order valence-electron chi connectivity index (χ2n) is 8.11. The predicted molar refractivity (Wildman–Crippen MR) is 108 cm³/mol. The van der Waals surface area contributed by atoms with Crippen molar-refractivity contribution in [3.8, 4) is 5.75 Å². The maximum absolute atomic E-state index is 12.8. The van der Waals surface area contributed by atoms with Crippen LogP contribution in [0.4, 0.5) is 10.5 Å². The highest BCUT2D eigenvalue weighted by atomic mass is 16.5. The second kappa shape index (κ2) is 7.97. The van der Waals surface area contributed by atoms with E-state index in [4.69, 9.17) is 4.74 Å². The Morgan fingerprint density at radius 1 is 1.20 bits per heavy atom. The number of amides is 5. The molecule has 3 aliphatic rings. The van der Waals surface area contributed by atoms with Crippen LogP contribution in [0.2, 0.25) is 0 Å². The maximum atomic E-state index is 12.8. The van der Waals surface area contributed by atoms with Gasteiger partial charge in [0.05, 0.1) is 18.8 Å². The summed E-state index contributed by atoms with van der Waals surface area (Å²) < 4.78 is 5.32. The predicted octanol–water partition coefficient (Wildman–Crippen LogP) is 1.17. The number of para-hydroxylation sites is 2. The van der Waals surface area contributed by atoms with Gasteiger partial charge in [-0.3, -0.25) is 19.3 Å². The highest BCUT2D eigenvalue weighted by Gasteiger charge is 2.51. The molecule has 0 radical (unpaired) electrons. The highest BCUT2D eigenvalue weighted by molar-refractivity contribution is 6.09. The number of imide groups is 1. The molecule has 2 heterocycles. The number of nitrogens with one attached hydrogen (secondary N) is 2. The van der Waals surface area contributed by atoms with Gasteiger partial charge in [-0.05, 0) is 25.0 Å². The lowest BCUT2D eigenvalue weighted by molar-refractivity contribution is -0.136. The summed E-state index contributed by atoms with van der Waals surface area (Å²) in [6.45, 7) is -0.0409. The van der Waals surface area contributed by atoms with Gasteiger partial charge in [-0.2, -0.15) is 0 Å². The molecule has 2 saturated heterocycles. The highest BCUT2D eigenvalue weighted by Crippen LogP contribution is 2.34. The van der Waals surface area contributed by atoms with Crippen molar-refractivity contribution in [3.63, 3.8) is 0 Å². The van der Waals surface area contributed by atoms with Crippen LogP contribution in [-0.2, 0) is 14.4 Å². The summed E-state index contributed by atoms with van der Waals surface area (Å²) in [5, 5.41) is 5.59. The number of carbonyl (C=O) groups is 4. The van der Waals surface area contributed by atoms with E-state index in [1.54, 1.807) is 17.0 Å². The summed E-state index contributed by atoms with van der Waals surface area (Å²) in [7, 11) is 1.54. The number of carbonyl (C=O) groups excluding carboxylic acids is 4. The Balaban J connectivity index is 1.37. The van der Waals surface area contributed by atoms with Gasteiger partial charge in [0.25, 0.3) is 5.91 Å². The van der Waals surface area contributed by atoms with E-state index in [2.05, 4.69) is 10.6 Å². The summed E-state index contributed by atoms with van der Waals surface area (Å²) in [5.74, 6) is -0.317. The normalized spacial score (nSPS) is 23.1. The number of hydrogen-bond donors (Lipinski definition) is 2. The number of anilines is 1. The number of benzene rings is 1. The summed E-state index contributed by atoms with van der Waals surface area (Å²) in [5.41, 5.74) is -0.199. The fourth-order valence-electron chi connectivity index (χ4n) is 4.62. The van der Waals surface area contributed by atoms with E-state index in [0.717, 1.165) is 24.2 Å². The molecule has 1 atom stereocenters. The van der Waals surface area contributed by atoms with Gasteiger partial charge in [-0.1, -0.05) is 31.4 Å². The van der Waals surface area contributed by atoms with Crippen molar-refractivity contribution in [1.82, 2.24) is 15.5 Å². The number of nitrogens with zero attached hydrogens (tertiary/aromatic N) is 2. The number of urea groups is 1. The third-order valence-electron chi connectivity index (χ3n) is 6.12. The first-order valence-electron chi connectivity index (χ1n) is 10.3. The first kappa shape index (κ1) is 20.2. The molecule has 160 valence electrons. The van der Waals surface area contributed by atoms with Crippen LogP contribution < -0.4 is 20.3 Å². The van der Waals surface area contributed by atoms with E-state index in [1.165, 1.54) is 7.11 Å². The third kappa shape index (κ3) is 3.59. The quantitative estimate of drug-likeness (QED) is 0.704. The van der Waals surface area contributed by atoms with E-state index in [1.807, 2.05) is 12.1 Å². The number of ether oxygens (including phenoxy) is 1. The molecule has 0 bridgehead atoms. The van der Waals surface area contributed by atoms with Crippen LogP contribution in [0.25, 0.3) is 0 Å². The van der Waals surface area contributed by atoms with Crippen LogP contribution in [0, 0.1) is 0 Å². The third-order valence-corrected chi connectivity index (χ3v) is 6.12. The zero-order valence-corrected chi connectivity index (χ0v) is 17.0.